The fraction of sp³-hybridized carbons (Fsp3) is 0.385. The molecule has 0 fully saturated rings. The molecule has 4 nitrogen and oxygen atoms in total. The Balaban J connectivity index is 2.66. The van der Waals surface area contributed by atoms with Gasteiger partial charge in [0.25, 0.3) is 5.91 Å². The molecule has 1 aromatic rings. The van der Waals surface area contributed by atoms with Crippen LogP contribution in [0.25, 0.3) is 0 Å². The molecular formula is C13H14BrClN2O2. The number of carbonyl (C=O) groups is 1. The molecule has 0 saturated carbocycles. The van der Waals surface area contributed by atoms with Crippen LogP contribution >= 0.6 is 27.5 Å². The van der Waals surface area contributed by atoms with Crippen LogP contribution in [0.5, 0.6) is 5.75 Å². The summed E-state index contributed by atoms with van der Waals surface area (Å²) in [5.41, 5.74) is 0. The van der Waals surface area contributed by atoms with Crippen LogP contribution in [0.1, 0.15) is 13.3 Å². The van der Waals surface area contributed by atoms with Gasteiger partial charge in [-0.3, -0.25) is 4.79 Å². The summed E-state index contributed by atoms with van der Waals surface area (Å²) < 4.78 is 6.28. The Morgan fingerprint density at radius 2 is 2.32 bits per heavy atom. The Bertz CT molecular complexity index is 502. The molecule has 0 unspecified atom stereocenters. The average molecular weight is 346 g/mol. The molecule has 6 heteroatoms. The molecule has 0 aliphatic rings. The number of ether oxygens (including phenoxy) is 1. The first-order chi connectivity index (χ1) is 8.95. The minimum atomic E-state index is -0.624. The van der Waals surface area contributed by atoms with E-state index in [2.05, 4.69) is 15.9 Å². The van der Waals surface area contributed by atoms with Gasteiger partial charge in [-0.1, -0.05) is 11.6 Å². The summed E-state index contributed by atoms with van der Waals surface area (Å²) in [5, 5.41) is 9.08. The van der Waals surface area contributed by atoms with Crippen molar-refractivity contribution >= 4 is 33.4 Å². The maximum Gasteiger partial charge on any atom is 0.263 e. The predicted octanol–water partition coefficient (Wildman–Crippen LogP) is 3.24. The van der Waals surface area contributed by atoms with Gasteiger partial charge in [-0.05, 0) is 41.1 Å². The Morgan fingerprint density at radius 1 is 1.63 bits per heavy atom. The van der Waals surface area contributed by atoms with Crippen molar-refractivity contribution in [2.45, 2.75) is 19.4 Å². The van der Waals surface area contributed by atoms with Crippen molar-refractivity contribution in [3.63, 3.8) is 0 Å². The highest BCUT2D eigenvalue weighted by Crippen LogP contribution is 2.28. The smallest absolute Gasteiger partial charge is 0.263 e. The van der Waals surface area contributed by atoms with Crippen molar-refractivity contribution in [2.75, 3.05) is 13.6 Å². The minimum Gasteiger partial charge on any atom is -0.480 e. The van der Waals surface area contributed by atoms with Crippen molar-refractivity contribution in [3.8, 4) is 11.8 Å². The number of hydrogen-bond donors (Lipinski definition) is 0. The van der Waals surface area contributed by atoms with Crippen molar-refractivity contribution in [1.82, 2.24) is 4.90 Å². The number of carbonyl (C=O) groups excluding carboxylic acids is 1. The summed E-state index contributed by atoms with van der Waals surface area (Å²) in [5.74, 6) is 0.385. The van der Waals surface area contributed by atoms with Gasteiger partial charge in [-0.2, -0.15) is 5.26 Å². The monoisotopic (exact) mass is 344 g/mol. The average Bonchev–Trinajstić information content (AvgIpc) is 2.38. The SMILES string of the molecule is C[C@@H](Oc1ccc(Cl)cc1Br)C(=O)N(C)CCC#N. The Morgan fingerprint density at radius 3 is 2.89 bits per heavy atom. The van der Waals surface area contributed by atoms with E-state index >= 15 is 0 Å². The van der Waals surface area contributed by atoms with Crippen LogP contribution in [0, 0.1) is 11.3 Å². The topological polar surface area (TPSA) is 53.3 Å². The molecule has 0 aromatic heterocycles. The summed E-state index contributed by atoms with van der Waals surface area (Å²) in [6, 6.07) is 7.10. The summed E-state index contributed by atoms with van der Waals surface area (Å²) in [6.45, 7) is 2.07. The minimum absolute atomic E-state index is 0.169. The number of rotatable bonds is 5. The van der Waals surface area contributed by atoms with Gasteiger partial charge in [-0.15, -0.1) is 0 Å². The second-order valence-electron chi connectivity index (χ2n) is 4.00. The van der Waals surface area contributed by atoms with E-state index < -0.39 is 6.10 Å². The highest BCUT2D eigenvalue weighted by molar-refractivity contribution is 9.10. The molecule has 19 heavy (non-hydrogen) atoms. The first-order valence-electron chi connectivity index (χ1n) is 5.69. The van der Waals surface area contributed by atoms with Crippen LogP contribution in [-0.2, 0) is 4.79 Å². The predicted molar refractivity (Wildman–Crippen MR) is 77.1 cm³/mol. The third-order valence-electron chi connectivity index (χ3n) is 2.48. The molecule has 0 heterocycles. The zero-order valence-corrected chi connectivity index (χ0v) is 13.0. The Labute approximate surface area is 126 Å². The van der Waals surface area contributed by atoms with Crippen molar-refractivity contribution in [2.24, 2.45) is 0 Å². The maximum atomic E-state index is 12.0. The molecule has 1 atom stereocenters. The van der Waals surface area contributed by atoms with Gasteiger partial charge in [0.1, 0.15) is 5.75 Å². The summed E-state index contributed by atoms with van der Waals surface area (Å²) in [7, 11) is 1.65. The fourth-order valence-corrected chi connectivity index (χ4v) is 2.23. The molecule has 0 aliphatic carbocycles. The number of amides is 1. The lowest BCUT2D eigenvalue weighted by atomic mass is 10.3. The van der Waals surface area contributed by atoms with Gasteiger partial charge in [0, 0.05) is 18.6 Å². The second-order valence-corrected chi connectivity index (χ2v) is 5.29. The highest BCUT2D eigenvalue weighted by Gasteiger charge is 2.19. The normalized spacial score (nSPS) is 11.5. The third kappa shape index (κ3) is 4.73. The van der Waals surface area contributed by atoms with Gasteiger partial charge in [0.05, 0.1) is 17.0 Å². The zero-order chi connectivity index (χ0) is 14.4. The third-order valence-corrected chi connectivity index (χ3v) is 3.34. The molecule has 102 valence electrons. The molecule has 0 spiro atoms. The van der Waals surface area contributed by atoms with Gasteiger partial charge < -0.3 is 9.64 Å². The molecule has 0 N–H and O–H groups in total. The second kappa shape index (κ2) is 7.37. The lowest BCUT2D eigenvalue weighted by Crippen LogP contribution is -2.38. The van der Waals surface area contributed by atoms with Crippen LogP contribution in [0.3, 0.4) is 0 Å². The van der Waals surface area contributed by atoms with Crippen molar-refractivity contribution in [3.05, 3.63) is 27.7 Å². The van der Waals surface area contributed by atoms with E-state index in [0.29, 0.717) is 28.2 Å². The summed E-state index contributed by atoms with van der Waals surface area (Å²) >= 11 is 9.16. The van der Waals surface area contributed by atoms with Crippen LogP contribution in [-0.4, -0.2) is 30.5 Å². The number of likely N-dealkylation sites (N-methyl/N-ethyl adjacent to an activating group) is 1. The van der Waals surface area contributed by atoms with Gasteiger partial charge >= 0.3 is 0 Å². The lowest BCUT2D eigenvalue weighted by Gasteiger charge is -2.21. The summed E-state index contributed by atoms with van der Waals surface area (Å²) in [4.78, 5) is 13.5. The fourth-order valence-electron chi connectivity index (χ4n) is 1.45. The molecule has 1 amide bonds. The molecule has 0 saturated heterocycles. The zero-order valence-electron chi connectivity index (χ0n) is 10.7. The van der Waals surface area contributed by atoms with E-state index in [1.807, 2.05) is 6.07 Å². The number of nitrogens with zero attached hydrogens (tertiary/aromatic N) is 2. The Hall–Kier alpha value is -1.25. The van der Waals surface area contributed by atoms with Gasteiger partial charge in [-0.25, -0.2) is 0 Å². The van der Waals surface area contributed by atoms with E-state index in [1.54, 1.807) is 32.2 Å². The van der Waals surface area contributed by atoms with E-state index in [9.17, 15) is 4.79 Å². The number of nitriles is 1. The number of benzene rings is 1. The molecule has 0 radical (unpaired) electrons. The number of hydrogen-bond acceptors (Lipinski definition) is 3. The van der Waals surface area contributed by atoms with E-state index in [1.165, 1.54) is 4.90 Å². The first-order valence-corrected chi connectivity index (χ1v) is 6.86. The highest BCUT2D eigenvalue weighted by atomic mass is 79.9. The molecule has 1 aromatic carbocycles. The molecular weight excluding hydrogens is 332 g/mol. The lowest BCUT2D eigenvalue weighted by molar-refractivity contribution is -0.136. The largest absolute Gasteiger partial charge is 0.480 e. The first kappa shape index (κ1) is 15.8. The van der Waals surface area contributed by atoms with Crippen molar-refractivity contribution < 1.29 is 9.53 Å². The van der Waals surface area contributed by atoms with Crippen LogP contribution in [0.2, 0.25) is 5.02 Å². The van der Waals surface area contributed by atoms with E-state index in [-0.39, 0.29) is 5.91 Å². The van der Waals surface area contributed by atoms with E-state index in [0.717, 1.165) is 0 Å². The van der Waals surface area contributed by atoms with Gasteiger partial charge in [0.15, 0.2) is 6.10 Å². The van der Waals surface area contributed by atoms with E-state index in [4.69, 9.17) is 21.6 Å². The van der Waals surface area contributed by atoms with Crippen LogP contribution in [0.4, 0.5) is 0 Å². The standard InChI is InChI=1S/C13H14BrClN2O2/c1-9(13(18)17(2)7-3-6-16)19-12-5-4-10(15)8-11(12)14/h4-5,8-9H,3,7H2,1-2H3/t9-/m1/s1. The quantitative estimate of drug-likeness (QED) is 0.823. The van der Waals surface area contributed by atoms with Crippen LogP contribution < -0.4 is 4.74 Å². The molecule has 0 aliphatic heterocycles. The molecule has 1 rings (SSSR count). The maximum absolute atomic E-state index is 12.0. The molecule has 0 bridgehead atoms. The van der Waals surface area contributed by atoms with Crippen molar-refractivity contribution in [1.29, 1.82) is 5.26 Å². The number of halogens is 2. The summed E-state index contributed by atoms with van der Waals surface area (Å²) in [6.07, 6.45) is -0.319. The Kier molecular flexibility index (Phi) is 6.13. The van der Waals surface area contributed by atoms with Gasteiger partial charge in [0.2, 0.25) is 0 Å². The van der Waals surface area contributed by atoms with Crippen LogP contribution in [0.15, 0.2) is 22.7 Å².